The smallest absolute Gasteiger partial charge is 0.254 e. The van der Waals surface area contributed by atoms with Crippen molar-refractivity contribution in [2.45, 2.75) is 38.5 Å². The van der Waals surface area contributed by atoms with E-state index in [9.17, 15) is 14.7 Å². The van der Waals surface area contributed by atoms with Crippen LogP contribution in [0.1, 0.15) is 42.2 Å². The molecule has 6 nitrogen and oxygen atoms in total. The van der Waals surface area contributed by atoms with Crippen molar-refractivity contribution >= 4 is 23.4 Å². The van der Waals surface area contributed by atoms with Crippen LogP contribution >= 0.6 is 11.6 Å². The first kappa shape index (κ1) is 22.1. The van der Waals surface area contributed by atoms with Crippen molar-refractivity contribution < 1.29 is 19.4 Å². The molecule has 0 radical (unpaired) electrons. The summed E-state index contributed by atoms with van der Waals surface area (Å²) in [7, 11) is 1.71. The third kappa shape index (κ3) is 4.77. The number of hydrogen-bond donors (Lipinski definition) is 1. The van der Waals surface area contributed by atoms with Crippen molar-refractivity contribution in [2.24, 2.45) is 0 Å². The van der Waals surface area contributed by atoms with E-state index in [2.05, 4.69) is 0 Å². The van der Waals surface area contributed by atoms with Crippen molar-refractivity contribution in [3.05, 3.63) is 64.7 Å². The molecule has 1 saturated heterocycles. The summed E-state index contributed by atoms with van der Waals surface area (Å²) in [5.41, 5.74) is 1.37. The highest BCUT2D eigenvalue weighted by Gasteiger charge is 2.41. The maximum absolute atomic E-state index is 13.3. The molecule has 0 bridgehead atoms. The highest BCUT2D eigenvalue weighted by Crippen LogP contribution is 2.27. The van der Waals surface area contributed by atoms with Crippen LogP contribution in [-0.4, -0.2) is 59.1 Å². The van der Waals surface area contributed by atoms with Crippen LogP contribution in [0.5, 0.6) is 5.75 Å². The molecule has 0 spiro atoms. The quantitative estimate of drug-likeness (QED) is 0.761. The average molecular weight is 431 g/mol. The van der Waals surface area contributed by atoms with Gasteiger partial charge in [-0.05, 0) is 49.7 Å². The molecule has 0 aromatic heterocycles. The first-order valence-electron chi connectivity index (χ1n) is 10.1. The zero-order valence-electron chi connectivity index (χ0n) is 17.4. The number of halogens is 1. The molecule has 2 aromatic carbocycles. The van der Waals surface area contributed by atoms with Gasteiger partial charge < -0.3 is 19.6 Å². The Hall–Kier alpha value is -2.57. The molecule has 1 fully saturated rings. The number of aliphatic hydroxyl groups excluding tert-OH is 1. The fraction of sp³-hybridized carbons (Fsp3) is 0.391. The molecular weight excluding hydrogens is 404 g/mol. The van der Waals surface area contributed by atoms with Crippen molar-refractivity contribution in [3.63, 3.8) is 0 Å². The second kappa shape index (κ2) is 9.49. The Kier molecular flexibility index (Phi) is 7.00. The molecule has 3 rings (SSSR count). The van der Waals surface area contributed by atoms with E-state index in [0.717, 1.165) is 5.56 Å². The van der Waals surface area contributed by atoms with Crippen LogP contribution in [0.3, 0.4) is 0 Å². The summed E-state index contributed by atoms with van der Waals surface area (Å²) in [5.74, 6) is 0.0989. The second-order valence-electron chi connectivity index (χ2n) is 7.50. The monoisotopic (exact) mass is 430 g/mol. The van der Waals surface area contributed by atoms with Gasteiger partial charge in [0.05, 0.1) is 18.8 Å². The van der Waals surface area contributed by atoms with Crippen LogP contribution in [-0.2, 0) is 4.79 Å². The van der Waals surface area contributed by atoms with Crippen LogP contribution in [0, 0.1) is 0 Å². The Balaban J connectivity index is 1.79. The number of nitrogens with zero attached hydrogens (tertiary/aromatic N) is 2. The number of rotatable bonds is 6. The van der Waals surface area contributed by atoms with E-state index in [1.165, 1.54) is 4.90 Å². The summed E-state index contributed by atoms with van der Waals surface area (Å²) in [6.07, 6.45) is -0.523. The summed E-state index contributed by atoms with van der Waals surface area (Å²) in [6, 6.07) is 13.3. The van der Waals surface area contributed by atoms with Crippen LogP contribution in [0.4, 0.5) is 0 Å². The van der Waals surface area contributed by atoms with E-state index in [-0.39, 0.29) is 30.8 Å². The lowest BCUT2D eigenvalue weighted by Gasteiger charge is -2.31. The van der Waals surface area contributed by atoms with Gasteiger partial charge >= 0.3 is 0 Å². The van der Waals surface area contributed by atoms with E-state index in [1.54, 1.807) is 48.3 Å². The average Bonchev–Trinajstić information content (AvgIpc) is 3.14. The Labute approximate surface area is 182 Å². The number of carbonyl (C=O) groups excluding carboxylic acids is 2. The van der Waals surface area contributed by atoms with Crippen LogP contribution < -0.4 is 4.74 Å². The van der Waals surface area contributed by atoms with E-state index >= 15 is 0 Å². The number of aliphatic hydroxyl groups is 1. The molecule has 2 aromatic rings. The maximum Gasteiger partial charge on any atom is 0.254 e. The van der Waals surface area contributed by atoms with Gasteiger partial charge in [-0.3, -0.25) is 9.59 Å². The molecule has 0 aliphatic carbocycles. The van der Waals surface area contributed by atoms with Crippen molar-refractivity contribution in [1.82, 2.24) is 9.80 Å². The Morgan fingerprint density at radius 3 is 2.63 bits per heavy atom. The maximum atomic E-state index is 13.3. The lowest BCUT2D eigenvalue weighted by Crippen LogP contribution is -2.47. The van der Waals surface area contributed by atoms with Gasteiger partial charge in [-0.25, -0.2) is 0 Å². The van der Waals surface area contributed by atoms with Crippen molar-refractivity contribution in [1.29, 1.82) is 0 Å². The number of β-amino-alcohol motifs (C(OH)–C–C–N with tert-alkyl or cyclic N) is 1. The molecule has 1 N–H and O–H groups in total. The molecule has 7 heteroatoms. The molecule has 0 saturated carbocycles. The fourth-order valence-electron chi connectivity index (χ4n) is 3.71. The zero-order valence-corrected chi connectivity index (χ0v) is 18.2. The largest absolute Gasteiger partial charge is 0.494 e. The number of hydrogen-bond acceptors (Lipinski definition) is 4. The molecular formula is C23H27ClN2O4. The van der Waals surface area contributed by atoms with Crippen molar-refractivity contribution in [3.8, 4) is 5.75 Å². The topological polar surface area (TPSA) is 70.1 Å². The Morgan fingerprint density at radius 2 is 1.97 bits per heavy atom. The number of carbonyl (C=O) groups is 2. The highest BCUT2D eigenvalue weighted by molar-refractivity contribution is 6.30. The van der Waals surface area contributed by atoms with Crippen LogP contribution in [0.15, 0.2) is 48.5 Å². The summed E-state index contributed by atoms with van der Waals surface area (Å²) in [5, 5.41) is 10.8. The van der Waals surface area contributed by atoms with E-state index in [1.807, 2.05) is 26.0 Å². The van der Waals surface area contributed by atoms with Gasteiger partial charge in [0.2, 0.25) is 5.91 Å². The number of benzene rings is 2. The van der Waals surface area contributed by atoms with Gasteiger partial charge in [0.25, 0.3) is 5.91 Å². The summed E-state index contributed by atoms with van der Waals surface area (Å²) >= 11 is 5.96. The minimum Gasteiger partial charge on any atom is -0.494 e. The van der Waals surface area contributed by atoms with Crippen LogP contribution in [0.25, 0.3) is 0 Å². The number of likely N-dealkylation sites (tertiary alicyclic amines) is 1. The predicted molar refractivity (Wildman–Crippen MR) is 116 cm³/mol. The number of likely N-dealkylation sites (N-methyl/N-ethyl adjacent to an activating group) is 1. The molecule has 2 amide bonds. The summed E-state index contributed by atoms with van der Waals surface area (Å²) in [6.45, 7) is 4.41. The third-order valence-electron chi connectivity index (χ3n) is 5.50. The summed E-state index contributed by atoms with van der Waals surface area (Å²) < 4.78 is 5.48. The normalized spacial score (nSPS) is 19.4. The molecule has 160 valence electrons. The standard InChI is InChI=1S/C23H27ClN2O4/c1-4-30-20-7-5-6-17(12-20)22(28)26-14-19(27)13-21(26)23(29)25(3)15(2)16-8-10-18(24)11-9-16/h5-12,15,19,21,27H,4,13-14H2,1-3H3/t15-,19+,21-/m0/s1. The van der Waals surface area contributed by atoms with Crippen LogP contribution in [0.2, 0.25) is 5.02 Å². The van der Waals surface area contributed by atoms with Gasteiger partial charge in [0, 0.05) is 30.6 Å². The molecule has 3 atom stereocenters. The lowest BCUT2D eigenvalue weighted by molar-refractivity contribution is -0.136. The minimum atomic E-state index is -0.739. The SMILES string of the molecule is CCOc1cccc(C(=O)N2C[C@H](O)C[C@H]2C(=O)N(C)[C@@H](C)c2ccc(Cl)cc2)c1. The molecule has 1 aliphatic rings. The summed E-state index contributed by atoms with van der Waals surface area (Å²) in [4.78, 5) is 29.5. The Morgan fingerprint density at radius 1 is 1.27 bits per heavy atom. The van der Waals surface area contributed by atoms with Gasteiger partial charge in [0.1, 0.15) is 11.8 Å². The zero-order chi connectivity index (χ0) is 21.8. The van der Waals surface area contributed by atoms with E-state index in [0.29, 0.717) is 22.9 Å². The van der Waals surface area contributed by atoms with E-state index < -0.39 is 12.1 Å². The van der Waals surface area contributed by atoms with Gasteiger partial charge in [-0.1, -0.05) is 29.8 Å². The second-order valence-corrected chi connectivity index (χ2v) is 7.94. The van der Waals surface area contributed by atoms with Crippen molar-refractivity contribution in [2.75, 3.05) is 20.2 Å². The molecule has 1 aliphatic heterocycles. The number of amides is 2. The van der Waals surface area contributed by atoms with Gasteiger partial charge in [0.15, 0.2) is 0 Å². The fourth-order valence-corrected chi connectivity index (χ4v) is 3.84. The third-order valence-corrected chi connectivity index (χ3v) is 5.75. The van der Waals surface area contributed by atoms with E-state index in [4.69, 9.17) is 16.3 Å². The predicted octanol–water partition coefficient (Wildman–Crippen LogP) is 3.53. The first-order chi connectivity index (χ1) is 14.3. The highest BCUT2D eigenvalue weighted by atomic mass is 35.5. The minimum absolute atomic E-state index is 0.122. The van der Waals surface area contributed by atoms with Gasteiger partial charge in [-0.2, -0.15) is 0 Å². The Bertz CT molecular complexity index is 902. The molecule has 30 heavy (non-hydrogen) atoms. The lowest BCUT2D eigenvalue weighted by atomic mass is 10.1. The molecule has 1 heterocycles. The van der Waals surface area contributed by atoms with Gasteiger partial charge in [-0.15, -0.1) is 0 Å². The number of ether oxygens (including phenoxy) is 1. The molecule has 0 unspecified atom stereocenters. The first-order valence-corrected chi connectivity index (χ1v) is 10.4.